The van der Waals surface area contributed by atoms with E-state index in [1.54, 1.807) is 0 Å². The Morgan fingerprint density at radius 2 is 0.920 bits per heavy atom. The highest BCUT2D eigenvalue weighted by Crippen LogP contribution is 2.42. The van der Waals surface area contributed by atoms with Gasteiger partial charge >= 0.3 is 0 Å². The van der Waals surface area contributed by atoms with Gasteiger partial charge in [0.25, 0.3) is 0 Å². The lowest BCUT2D eigenvalue weighted by molar-refractivity contribution is 0.204. The number of rotatable bonds is 5. The van der Waals surface area contributed by atoms with Crippen LogP contribution in [-0.4, -0.2) is 0 Å². The maximum atomic E-state index is 3.98. The van der Waals surface area contributed by atoms with Crippen molar-refractivity contribution in [2.24, 2.45) is 0 Å². The number of hydrogen-bond donors (Lipinski definition) is 3. The van der Waals surface area contributed by atoms with Crippen LogP contribution in [0.3, 0.4) is 0 Å². The minimum absolute atomic E-state index is 0.0662. The molecule has 240 valence electrons. The van der Waals surface area contributed by atoms with E-state index in [2.05, 4.69) is 180 Å². The van der Waals surface area contributed by atoms with Gasteiger partial charge in [0, 0.05) is 45.9 Å². The van der Waals surface area contributed by atoms with Gasteiger partial charge in [0.2, 0.25) is 0 Å². The smallest absolute Gasteiger partial charge is 0.0878 e. The predicted molar refractivity (Wildman–Crippen MR) is 214 cm³/mol. The van der Waals surface area contributed by atoms with Crippen molar-refractivity contribution >= 4 is 63.0 Å². The van der Waals surface area contributed by atoms with Crippen LogP contribution in [0.15, 0.2) is 164 Å². The predicted octanol–water partition coefficient (Wildman–Crippen LogP) is 11.9. The van der Waals surface area contributed by atoms with Crippen molar-refractivity contribution in [1.82, 2.24) is 16.0 Å². The van der Waals surface area contributed by atoms with Gasteiger partial charge in [0.15, 0.2) is 0 Å². The van der Waals surface area contributed by atoms with E-state index in [0.717, 1.165) is 0 Å². The van der Waals surface area contributed by atoms with Gasteiger partial charge in [-0.2, -0.15) is 0 Å². The molecular weight excluding hydrogens is 647 g/mol. The second-order valence-corrected chi connectivity index (χ2v) is 15.1. The van der Waals surface area contributed by atoms with Crippen LogP contribution >= 0.6 is 22.7 Å². The number of benzene rings is 7. The standard InChI is InChI=1S/C45H33N3S2/c1-3-11-28(12-4-1)29-21-23-31(24-22-29)43-46-44(48-45(47-43)38-19-10-18-36-34-15-7-8-20-39(34)49-42(36)38)32-25-26-35-37-17-9-16-33(30-13-5-2-6-14-30)41(37)50-40(35)27-32/h1-27,43-48H. The van der Waals surface area contributed by atoms with Gasteiger partial charge in [-0.05, 0) is 45.5 Å². The molecule has 5 heteroatoms. The number of thiophene rings is 2. The van der Waals surface area contributed by atoms with Crippen molar-refractivity contribution in [2.45, 2.75) is 18.5 Å². The lowest BCUT2D eigenvalue weighted by Crippen LogP contribution is -2.54. The van der Waals surface area contributed by atoms with Gasteiger partial charge in [0.05, 0.1) is 18.5 Å². The second-order valence-electron chi connectivity index (χ2n) is 13.0. The third-order valence-corrected chi connectivity index (χ3v) is 12.5. The monoisotopic (exact) mass is 679 g/mol. The SMILES string of the molecule is c1ccc(-c2ccc(C3NC(c4ccc5c(c4)sc4c(-c6ccccc6)cccc45)NC(c4cccc5c4sc4ccccc45)N3)cc2)cc1. The zero-order chi connectivity index (χ0) is 33.0. The first kappa shape index (κ1) is 29.7. The fourth-order valence-corrected chi connectivity index (χ4v) is 10.1. The summed E-state index contributed by atoms with van der Waals surface area (Å²) in [5, 5.41) is 17.1. The molecule has 1 fully saturated rings. The molecule has 2 aromatic heterocycles. The largest absolute Gasteiger partial charge is 0.279 e. The molecule has 0 spiro atoms. The van der Waals surface area contributed by atoms with Gasteiger partial charge in [-0.3, -0.25) is 16.0 Å². The normalized spacial score (nSPS) is 18.0. The first-order valence-electron chi connectivity index (χ1n) is 17.1. The molecule has 50 heavy (non-hydrogen) atoms. The Hall–Kier alpha value is -5.14. The summed E-state index contributed by atoms with van der Waals surface area (Å²) in [6.45, 7) is 0. The Labute approximate surface area is 298 Å². The highest BCUT2D eigenvalue weighted by atomic mass is 32.1. The van der Waals surface area contributed by atoms with Crippen LogP contribution in [0.4, 0.5) is 0 Å². The average Bonchev–Trinajstić information content (AvgIpc) is 3.77. The van der Waals surface area contributed by atoms with E-state index in [1.165, 1.54) is 79.3 Å². The lowest BCUT2D eigenvalue weighted by atomic mass is 10.00. The molecule has 1 aliphatic rings. The molecule has 10 rings (SSSR count). The van der Waals surface area contributed by atoms with E-state index in [0.29, 0.717) is 0 Å². The summed E-state index contributed by atoms with van der Waals surface area (Å²) >= 11 is 3.77. The summed E-state index contributed by atoms with van der Waals surface area (Å²) in [6, 6.07) is 59.5. The van der Waals surface area contributed by atoms with Crippen LogP contribution in [0.25, 0.3) is 62.6 Å². The third-order valence-electron chi connectivity index (χ3n) is 10.0. The van der Waals surface area contributed by atoms with Crippen molar-refractivity contribution in [3.8, 4) is 22.3 Å². The molecule has 0 amide bonds. The Balaban J connectivity index is 1.06. The Kier molecular flexibility index (Phi) is 7.33. The summed E-state index contributed by atoms with van der Waals surface area (Å²) in [5.41, 5.74) is 8.70. The maximum Gasteiger partial charge on any atom is 0.0878 e. The molecule has 3 nitrogen and oxygen atoms in total. The summed E-state index contributed by atoms with van der Waals surface area (Å²) in [5.74, 6) is 0. The zero-order valence-electron chi connectivity index (χ0n) is 27.1. The second kappa shape index (κ2) is 12.3. The summed E-state index contributed by atoms with van der Waals surface area (Å²) in [6.07, 6.45) is -0.212. The topological polar surface area (TPSA) is 36.1 Å². The van der Waals surface area contributed by atoms with Crippen molar-refractivity contribution in [1.29, 1.82) is 0 Å². The van der Waals surface area contributed by atoms with Crippen molar-refractivity contribution in [3.05, 3.63) is 180 Å². The fourth-order valence-electron chi connectivity index (χ4n) is 7.54. The summed E-state index contributed by atoms with van der Waals surface area (Å²) in [7, 11) is 0. The molecular formula is C45H33N3S2. The number of nitrogens with one attached hydrogen (secondary N) is 3. The van der Waals surface area contributed by atoms with Crippen LogP contribution in [-0.2, 0) is 0 Å². The minimum atomic E-state index is -0.0760. The Bertz CT molecular complexity index is 2640. The van der Waals surface area contributed by atoms with E-state index in [1.807, 2.05) is 22.7 Å². The average molecular weight is 680 g/mol. The van der Waals surface area contributed by atoms with E-state index >= 15 is 0 Å². The molecule has 3 heterocycles. The van der Waals surface area contributed by atoms with Gasteiger partial charge in [-0.15, -0.1) is 22.7 Å². The molecule has 3 unspecified atom stereocenters. The van der Waals surface area contributed by atoms with Gasteiger partial charge in [-0.25, -0.2) is 0 Å². The van der Waals surface area contributed by atoms with Crippen LogP contribution in [0, 0.1) is 0 Å². The lowest BCUT2D eigenvalue weighted by Gasteiger charge is -2.40. The van der Waals surface area contributed by atoms with Crippen LogP contribution < -0.4 is 16.0 Å². The quantitative estimate of drug-likeness (QED) is 0.169. The molecule has 1 aliphatic heterocycles. The van der Waals surface area contributed by atoms with Crippen molar-refractivity contribution in [3.63, 3.8) is 0 Å². The van der Waals surface area contributed by atoms with Gasteiger partial charge < -0.3 is 0 Å². The molecule has 0 aliphatic carbocycles. The Morgan fingerprint density at radius 3 is 1.72 bits per heavy atom. The molecule has 9 aromatic rings. The van der Waals surface area contributed by atoms with Gasteiger partial charge in [-0.1, -0.05) is 152 Å². The van der Waals surface area contributed by atoms with E-state index in [-0.39, 0.29) is 18.5 Å². The maximum absolute atomic E-state index is 3.98. The molecule has 3 N–H and O–H groups in total. The molecule has 0 radical (unpaired) electrons. The van der Waals surface area contributed by atoms with E-state index in [9.17, 15) is 0 Å². The van der Waals surface area contributed by atoms with Crippen molar-refractivity contribution < 1.29 is 0 Å². The number of fused-ring (bicyclic) bond motifs is 6. The highest BCUT2D eigenvalue weighted by Gasteiger charge is 2.31. The van der Waals surface area contributed by atoms with E-state index < -0.39 is 0 Å². The van der Waals surface area contributed by atoms with Gasteiger partial charge in [0.1, 0.15) is 0 Å². The minimum Gasteiger partial charge on any atom is -0.279 e. The first-order chi connectivity index (χ1) is 24.8. The molecule has 3 atom stereocenters. The zero-order valence-corrected chi connectivity index (χ0v) is 28.8. The summed E-state index contributed by atoms with van der Waals surface area (Å²) < 4.78 is 5.28. The van der Waals surface area contributed by atoms with E-state index in [4.69, 9.17) is 0 Å². The summed E-state index contributed by atoms with van der Waals surface area (Å²) in [4.78, 5) is 0. The third kappa shape index (κ3) is 5.14. The number of hydrogen-bond acceptors (Lipinski definition) is 5. The van der Waals surface area contributed by atoms with Crippen molar-refractivity contribution in [2.75, 3.05) is 0 Å². The first-order valence-corrected chi connectivity index (χ1v) is 18.7. The van der Waals surface area contributed by atoms with Crippen LogP contribution in [0.2, 0.25) is 0 Å². The molecule has 1 saturated heterocycles. The van der Waals surface area contributed by atoms with Crippen LogP contribution in [0.5, 0.6) is 0 Å². The molecule has 7 aromatic carbocycles. The van der Waals surface area contributed by atoms with Crippen LogP contribution in [0.1, 0.15) is 35.2 Å². The Morgan fingerprint density at radius 1 is 0.360 bits per heavy atom. The molecule has 0 saturated carbocycles. The fraction of sp³-hybridized carbons (Fsp3) is 0.0667. The highest BCUT2D eigenvalue weighted by molar-refractivity contribution is 7.26. The molecule has 0 bridgehead atoms.